The van der Waals surface area contributed by atoms with Gasteiger partial charge in [-0.3, -0.25) is 0 Å². The van der Waals surface area contributed by atoms with Crippen molar-refractivity contribution in [2.75, 3.05) is 7.11 Å². The Kier molecular flexibility index (Phi) is 7.90. The fourth-order valence-corrected chi connectivity index (χ4v) is 2.82. The maximum absolute atomic E-state index is 5.36. The zero-order valence-corrected chi connectivity index (χ0v) is 17.3. The van der Waals surface area contributed by atoms with Crippen molar-refractivity contribution in [1.29, 1.82) is 0 Å². The summed E-state index contributed by atoms with van der Waals surface area (Å²) in [5.74, 6) is 0. The molecule has 0 amide bonds. The number of benzene rings is 2. The molecule has 0 aromatic heterocycles. The van der Waals surface area contributed by atoms with E-state index in [1.807, 2.05) is 24.3 Å². The Morgan fingerprint density at radius 3 is 1.88 bits per heavy atom. The van der Waals surface area contributed by atoms with Gasteiger partial charge in [0.2, 0.25) is 0 Å². The summed E-state index contributed by atoms with van der Waals surface area (Å²) in [7, 11) is 1.48. The van der Waals surface area contributed by atoms with Crippen LogP contribution in [0.2, 0.25) is 0 Å². The molecule has 0 heterocycles. The van der Waals surface area contributed by atoms with Crippen LogP contribution in [0.25, 0.3) is 0 Å². The summed E-state index contributed by atoms with van der Waals surface area (Å²) in [5.41, 5.74) is 3.86. The molecule has 0 saturated carbocycles. The Morgan fingerprint density at radius 1 is 0.923 bits per heavy atom. The predicted octanol–water partition coefficient (Wildman–Crippen LogP) is 4.73. The molecule has 140 valence electrons. The van der Waals surface area contributed by atoms with E-state index in [1.165, 1.54) is 30.3 Å². The number of thiocarbonyl (C=S) groups is 1. The molecule has 4 nitrogen and oxygen atoms in total. The van der Waals surface area contributed by atoms with Gasteiger partial charge in [0.25, 0.3) is 0 Å². The van der Waals surface area contributed by atoms with Crippen LogP contribution in [0.1, 0.15) is 37.5 Å². The Balaban J connectivity index is 1.75. The maximum atomic E-state index is 5.36. The number of nitrogens with one attached hydrogen (secondary N) is 2. The van der Waals surface area contributed by atoms with E-state index in [0.717, 1.165) is 10.5 Å². The third-order valence-electron chi connectivity index (χ3n) is 3.85. The third kappa shape index (κ3) is 6.96. The highest BCUT2D eigenvalue weighted by Gasteiger charge is 2.12. The van der Waals surface area contributed by atoms with E-state index < -0.39 is 0 Å². The van der Waals surface area contributed by atoms with Crippen LogP contribution in [-0.2, 0) is 27.7 Å². The van der Waals surface area contributed by atoms with Gasteiger partial charge in [0.1, 0.15) is 0 Å². The number of hydrogen-bond acceptors (Lipinski definition) is 4. The molecular weight excluding hydrogens is 364 g/mol. The lowest BCUT2D eigenvalue weighted by Crippen LogP contribution is -2.34. The molecule has 0 atom stereocenters. The summed E-state index contributed by atoms with van der Waals surface area (Å²) < 4.78 is 4.83. The molecule has 0 unspecified atom stereocenters. The van der Waals surface area contributed by atoms with Crippen molar-refractivity contribution < 1.29 is 9.22 Å². The molecule has 0 fully saturated rings. The number of rotatable bonds is 7. The maximum Gasteiger partial charge on any atom is 0.166 e. The standard InChI is InChI=1S/C20H26N2O2S2/c1-20(2,3)17-9-5-15(6-10-17)13-21-19(25)22-14-16-7-11-18(12-8-16)26-24-23-4/h5-12H,13-14H2,1-4H3,(H2,21,22,25). The van der Waals surface area contributed by atoms with E-state index in [9.17, 15) is 0 Å². The molecule has 0 saturated heterocycles. The first-order valence-corrected chi connectivity index (χ1v) is 9.61. The molecule has 2 aromatic carbocycles. The molecule has 0 aliphatic rings. The highest BCUT2D eigenvalue weighted by atomic mass is 32.2. The van der Waals surface area contributed by atoms with Crippen molar-refractivity contribution in [1.82, 2.24) is 10.6 Å². The van der Waals surface area contributed by atoms with Gasteiger partial charge < -0.3 is 10.6 Å². The molecule has 26 heavy (non-hydrogen) atoms. The van der Waals surface area contributed by atoms with Gasteiger partial charge in [0, 0.05) is 18.0 Å². The molecule has 6 heteroatoms. The molecule has 0 aliphatic carbocycles. The fourth-order valence-electron chi connectivity index (χ4n) is 2.29. The third-order valence-corrected chi connectivity index (χ3v) is 4.81. The van der Waals surface area contributed by atoms with Gasteiger partial charge in [-0.25, -0.2) is 4.89 Å². The molecule has 2 aromatic rings. The Hall–Kier alpha value is -1.60. The average Bonchev–Trinajstić information content (AvgIpc) is 2.63. The minimum Gasteiger partial charge on any atom is -0.359 e. The zero-order valence-electron chi connectivity index (χ0n) is 15.7. The second-order valence-corrected chi connectivity index (χ2v) is 8.13. The van der Waals surface area contributed by atoms with E-state index in [1.54, 1.807) is 0 Å². The van der Waals surface area contributed by atoms with Crippen LogP contribution >= 0.6 is 24.3 Å². The molecular formula is C20H26N2O2S2. The number of hydrogen-bond donors (Lipinski definition) is 2. The van der Waals surface area contributed by atoms with Crippen molar-refractivity contribution in [3.63, 3.8) is 0 Å². The van der Waals surface area contributed by atoms with Crippen molar-refractivity contribution in [2.45, 2.75) is 44.2 Å². The van der Waals surface area contributed by atoms with Gasteiger partial charge >= 0.3 is 0 Å². The van der Waals surface area contributed by atoms with Crippen LogP contribution in [0, 0.1) is 0 Å². The second-order valence-electron chi connectivity index (χ2n) is 6.95. The van der Waals surface area contributed by atoms with Crippen LogP contribution in [0.3, 0.4) is 0 Å². The lowest BCUT2D eigenvalue weighted by Gasteiger charge is -2.19. The Bertz CT molecular complexity index is 695. The summed E-state index contributed by atoms with van der Waals surface area (Å²) in [5, 5.41) is 7.12. The van der Waals surface area contributed by atoms with E-state index in [0.29, 0.717) is 18.2 Å². The quantitative estimate of drug-likeness (QED) is 0.308. The smallest absolute Gasteiger partial charge is 0.166 e. The molecule has 0 spiro atoms. The second kappa shape index (κ2) is 9.92. The molecule has 0 bridgehead atoms. The molecule has 0 aliphatic heterocycles. The van der Waals surface area contributed by atoms with E-state index in [4.69, 9.17) is 16.6 Å². The highest BCUT2D eigenvalue weighted by molar-refractivity contribution is 7.94. The normalized spacial score (nSPS) is 11.2. The lowest BCUT2D eigenvalue weighted by atomic mass is 9.87. The van der Waals surface area contributed by atoms with Crippen molar-refractivity contribution >= 4 is 29.4 Å². The van der Waals surface area contributed by atoms with Crippen molar-refractivity contribution in [3.05, 3.63) is 65.2 Å². The Morgan fingerprint density at radius 2 is 1.42 bits per heavy atom. The topological polar surface area (TPSA) is 42.5 Å². The first-order valence-electron chi connectivity index (χ1n) is 8.46. The van der Waals surface area contributed by atoms with Crippen molar-refractivity contribution in [3.8, 4) is 0 Å². The van der Waals surface area contributed by atoms with Gasteiger partial charge in [-0.15, -0.1) is 0 Å². The largest absolute Gasteiger partial charge is 0.359 e. The molecule has 2 rings (SSSR count). The van der Waals surface area contributed by atoms with Crippen LogP contribution in [0.4, 0.5) is 0 Å². The van der Waals surface area contributed by atoms with Crippen molar-refractivity contribution in [2.24, 2.45) is 0 Å². The van der Waals surface area contributed by atoms with Crippen LogP contribution in [0.15, 0.2) is 53.4 Å². The first-order chi connectivity index (χ1) is 12.4. The molecule has 0 radical (unpaired) electrons. The van der Waals surface area contributed by atoms with E-state index in [2.05, 4.69) is 60.6 Å². The monoisotopic (exact) mass is 390 g/mol. The van der Waals surface area contributed by atoms with E-state index in [-0.39, 0.29) is 5.41 Å². The summed E-state index contributed by atoms with van der Waals surface area (Å²) in [6, 6.07) is 16.7. The minimum atomic E-state index is 0.173. The van der Waals surface area contributed by atoms with Gasteiger partial charge in [0.05, 0.1) is 19.2 Å². The zero-order chi connectivity index (χ0) is 19.0. The predicted molar refractivity (Wildman–Crippen MR) is 112 cm³/mol. The van der Waals surface area contributed by atoms with Gasteiger partial charge in [-0.05, 0) is 46.5 Å². The van der Waals surface area contributed by atoms with Gasteiger partial charge in [-0.1, -0.05) is 57.2 Å². The summed E-state index contributed by atoms with van der Waals surface area (Å²) in [6.07, 6.45) is 0. The minimum absolute atomic E-state index is 0.173. The summed E-state index contributed by atoms with van der Waals surface area (Å²) >= 11 is 6.54. The highest BCUT2D eigenvalue weighted by Crippen LogP contribution is 2.22. The van der Waals surface area contributed by atoms with Gasteiger partial charge in [-0.2, -0.15) is 4.33 Å². The van der Waals surface area contributed by atoms with Crippen LogP contribution < -0.4 is 10.6 Å². The first kappa shape index (κ1) is 20.7. The SMILES string of the molecule is COOSc1ccc(CNC(=S)NCc2ccc(C(C)(C)C)cc2)cc1. The fraction of sp³-hybridized carbons (Fsp3) is 0.350. The summed E-state index contributed by atoms with van der Waals surface area (Å²) in [6.45, 7) is 8.03. The Labute approximate surface area is 165 Å². The molecule has 2 N–H and O–H groups in total. The summed E-state index contributed by atoms with van der Waals surface area (Å²) in [4.78, 5) is 5.55. The van der Waals surface area contributed by atoms with Gasteiger partial charge in [0.15, 0.2) is 5.11 Å². The lowest BCUT2D eigenvalue weighted by molar-refractivity contribution is -0.160. The van der Waals surface area contributed by atoms with Crippen LogP contribution in [0.5, 0.6) is 0 Å². The van der Waals surface area contributed by atoms with Crippen LogP contribution in [-0.4, -0.2) is 12.2 Å². The average molecular weight is 391 g/mol. The van der Waals surface area contributed by atoms with E-state index >= 15 is 0 Å².